The summed E-state index contributed by atoms with van der Waals surface area (Å²) < 4.78 is 10.3. The lowest BCUT2D eigenvalue weighted by Crippen LogP contribution is -2.34. The molecule has 1 fully saturated rings. The first-order chi connectivity index (χ1) is 9.97. The van der Waals surface area contributed by atoms with Crippen LogP contribution >= 0.6 is 23.2 Å². The van der Waals surface area contributed by atoms with E-state index in [0.29, 0.717) is 18.1 Å². The third-order valence-electron chi connectivity index (χ3n) is 2.90. The molecule has 1 aliphatic rings. The fourth-order valence-corrected chi connectivity index (χ4v) is 2.22. The second-order valence-corrected chi connectivity index (χ2v) is 5.40. The predicted octanol–water partition coefficient (Wildman–Crippen LogP) is 2.44. The van der Waals surface area contributed by atoms with Gasteiger partial charge in [-0.05, 0) is 25.8 Å². The number of hydrogen-bond donors (Lipinski definition) is 1. The topological polar surface area (TPSA) is 77.5 Å². The van der Waals surface area contributed by atoms with Crippen molar-refractivity contribution in [3.05, 3.63) is 22.3 Å². The molecule has 1 amide bonds. The summed E-state index contributed by atoms with van der Waals surface area (Å²) in [4.78, 5) is 27.6. The highest BCUT2D eigenvalue weighted by Crippen LogP contribution is 2.22. The number of anilines is 1. The Hall–Kier alpha value is -1.37. The van der Waals surface area contributed by atoms with Crippen molar-refractivity contribution < 1.29 is 19.1 Å². The Balaban J connectivity index is 1.91. The second kappa shape index (κ2) is 7.06. The lowest BCUT2D eigenvalue weighted by Gasteiger charge is -2.16. The second-order valence-electron chi connectivity index (χ2n) is 4.55. The average Bonchev–Trinajstić information content (AvgIpc) is 2.95. The fourth-order valence-electron chi connectivity index (χ4n) is 1.79. The molecule has 1 aromatic heterocycles. The van der Waals surface area contributed by atoms with E-state index in [1.165, 1.54) is 19.2 Å². The summed E-state index contributed by atoms with van der Waals surface area (Å²) in [7, 11) is 0. The Morgan fingerprint density at radius 1 is 1.52 bits per heavy atom. The monoisotopic (exact) mass is 332 g/mol. The van der Waals surface area contributed by atoms with Gasteiger partial charge in [-0.15, -0.1) is 0 Å². The molecule has 21 heavy (non-hydrogen) atoms. The number of pyridine rings is 1. The van der Waals surface area contributed by atoms with E-state index in [0.717, 1.165) is 6.42 Å². The van der Waals surface area contributed by atoms with Crippen molar-refractivity contribution in [2.75, 3.05) is 11.9 Å². The average molecular weight is 333 g/mol. The number of nitrogens with one attached hydrogen (secondary N) is 1. The van der Waals surface area contributed by atoms with Crippen LogP contribution in [0.3, 0.4) is 0 Å². The van der Waals surface area contributed by atoms with Crippen LogP contribution in [0.4, 0.5) is 5.82 Å². The maximum absolute atomic E-state index is 11.9. The molecule has 2 atom stereocenters. The number of ether oxygens (including phenoxy) is 2. The number of halogens is 2. The number of amides is 1. The number of aromatic nitrogens is 1. The molecule has 0 spiro atoms. The highest BCUT2D eigenvalue weighted by atomic mass is 35.5. The Morgan fingerprint density at radius 2 is 2.29 bits per heavy atom. The highest BCUT2D eigenvalue weighted by Gasteiger charge is 2.28. The largest absolute Gasteiger partial charge is 0.451 e. The fraction of sp³-hybridized carbons (Fsp3) is 0.462. The van der Waals surface area contributed by atoms with Gasteiger partial charge in [0.1, 0.15) is 0 Å². The van der Waals surface area contributed by atoms with Crippen molar-refractivity contribution in [3.8, 4) is 0 Å². The SMILES string of the molecule is C[C@@H](OC(=O)[C@H]1CCCO1)C(=O)Nc1ncc(Cl)cc1Cl. The van der Waals surface area contributed by atoms with Gasteiger partial charge in [0, 0.05) is 12.8 Å². The summed E-state index contributed by atoms with van der Waals surface area (Å²) in [5, 5.41) is 3.03. The zero-order valence-corrected chi connectivity index (χ0v) is 12.8. The molecule has 0 bridgehead atoms. The summed E-state index contributed by atoms with van der Waals surface area (Å²) in [6, 6.07) is 1.45. The number of nitrogens with zero attached hydrogens (tertiary/aromatic N) is 1. The zero-order chi connectivity index (χ0) is 15.4. The molecule has 8 heteroatoms. The predicted molar refractivity (Wildman–Crippen MR) is 77.4 cm³/mol. The minimum Gasteiger partial charge on any atom is -0.451 e. The standard InChI is InChI=1S/C13H14Cl2N2O4/c1-7(21-13(19)10-3-2-4-20-10)12(18)17-11-9(15)5-8(14)6-16-11/h5-7,10H,2-4H2,1H3,(H,16,17,18)/t7-,10-/m1/s1. The molecule has 2 rings (SSSR count). The first-order valence-corrected chi connectivity index (χ1v) is 7.17. The van der Waals surface area contributed by atoms with Crippen LogP contribution in [0, 0.1) is 0 Å². The van der Waals surface area contributed by atoms with Crippen molar-refractivity contribution in [1.29, 1.82) is 0 Å². The van der Waals surface area contributed by atoms with Gasteiger partial charge < -0.3 is 14.8 Å². The molecule has 1 aliphatic heterocycles. The van der Waals surface area contributed by atoms with Crippen LogP contribution in [0.1, 0.15) is 19.8 Å². The lowest BCUT2D eigenvalue weighted by atomic mass is 10.2. The molecule has 1 aromatic rings. The van der Waals surface area contributed by atoms with Gasteiger partial charge in [-0.1, -0.05) is 23.2 Å². The molecule has 0 radical (unpaired) electrons. The number of esters is 1. The van der Waals surface area contributed by atoms with E-state index in [4.69, 9.17) is 32.7 Å². The Bertz CT molecular complexity index is 547. The molecule has 1 saturated heterocycles. The van der Waals surface area contributed by atoms with Crippen LogP contribution in [-0.4, -0.2) is 35.7 Å². The van der Waals surface area contributed by atoms with Crippen molar-refractivity contribution in [3.63, 3.8) is 0 Å². The van der Waals surface area contributed by atoms with Gasteiger partial charge in [0.25, 0.3) is 5.91 Å². The van der Waals surface area contributed by atoms with Crippen molar-refractivity contribution in [2.24, 2.45) is 0 Å². The smallest absolute Gasteiger partial charge is 0.336 e. The number of carbonyl (C=O) groups is 2. The van der Waals surface area contributed by atoms with Gasteiger partial charge in [0.15, 0.2) is 18.0 Å². The minimum atomic E-state index is -0.977. The van der Waals surface area contributed by atoms with E-state index >= 15 is 0 Å². The van der Waals surface area contributed by atoms with E-state index in [1.807, 2.05) is 0 Å². The van der Waals surface area contributed by atoms with E-state index in [9.17, 15) is 9.59 Å². The first-order valence-electron chi connectivity index (χ1n) is 6.41. The molecule has 0 unspecified atom stereocenters. The highest BCUT2D eigenvalue weighted by molar-refractivity contribution is 6.36. The lowest BCUT2D eigenvalue weighted by molar-refractivity contribution is -0.162. The Kier molecular flexibility index (Phi) is 5.39. The van der Waals surface area contributed by atoms with Gasteiger partial charge >= 0.3 is 5.97 Å². The maximum Gasteiger partial charge on any atom is 0.336 e. The molecule has 2 heterocycles. The summed E-state index contributed by atoms with van der Waals surface area (Å²) >= 11 is 11.6. The van der Waals surface area contributed by atoms with Gasteiger partial charge in [0.2, 0.25) is 0 Å². The Labute approximate surface area is 131 Å². The summed E-state index contributed by atoms with van der Waals surface area (Å²) in [5.74, 6) is -0.908. The molecule has 6 nitrogen and oxygen atoms in total. The first kappa shape index (κ1) is 16.0. The number of rotatable bonds is 4. The van der Waals surface area contributed by atoms with E-state index < -0.39 is 24.1 Å². The minimum absolute atomic E-state index is 0.158. The Morgan fingerprint density at radius 3 is 2.90 bits per heavy atom. The van der Waals surface area contributed by atoms with Crippen molar-refractivity contribution in [2.45, 2.75) is 32.0 Å². The van der Waals surface area contributed by atoms with Gasteiger partial charge in [-0.2, -0.15) is 0 Å². The zero-order valence-electron chi connectivity index (χ0n) is 11.3. The quantitative estimate of drug-likeness (QED) is 0.857. The van der Waals surface area contributed by atoms with Gasteiger partial charge in [0.05, 0.1) is 10.0 Å². The van der Waals surface area contributed by atoms with Crippen molar-refractivity contribution in [1.82, 2.24) is 4.98 Å². The molecule has 114 valence electrons. The maximum atomic E-state index is 11.9. The van der Waals surface area contributed by atoms with Gasteiger partial charge in [-0.3, -0.25) is 4.79 Å². The molecule has 0 aromatic carbocycles. The van der Waals surface area contributed by atoms with E-state index in [2.05, 4.69) is 10.3 Å². The van der Waals surface area contributed by atoms with Crippen LogP contribution in [-0.2, 0) is 19.1 Å². The summed E-state index contributed by atoms with van der Waals surface area (Å²) in [5.41, 5.74) is 0. The van der Waals surface area contributed by atoms with Crippen LogP contribution in [0.2, 0.25) is 10.0 Å². The van der Waals surface area contributed by atoms with Gasteiger partial charge in [-0.25, -0.2) is 9.78 Å². The van der Waals surface area contributed by atoms with Crippen LogP contribution in [0.5, 0.6) is 0 Å². The molecule has 0 saturated carbocycles. The van der Waals surface area contributed by atoms with Crippen LogP contribution < -0.4 is 5.32 Å². The normalized spacial score (nSPS) is 19.1. The van der Waals surface area contributed by atoms with Crippen LogP contribution in [0.15, 0.2) is 12.3 Å². The van der Waals surface area contributed by atoms with Crippen molar-refractivity contribution >= 4 is 40.9 Å². The number of hydrogen-bond acceptors (Lipinski definition) is 5. The third-order valence-corrected chi connectivity index (χ3v) is 3.40. The van der Waals surface area contributed by atoms with E-state index in [1.54, 1.807) is 0 Å². The van der Waals surface area contributed by atoms with Crippen LogP contribution in [0.25, 0.3) is 0 Å². The number of carbonyl (C=O) groups excluding carboxylic acids is 2. The van der Waals surface area contributed by atoms with E-state index in [-0.39, 0.29) is 10.8 Å². The third kappa shape index (κ3) is 4.30. The molecular weight excluding hydrogens is 319 g/mol. The summed E-state index contributed by atoms with van der Waals surface area (Å²) in [6.07, 6.45) is 1.21. The molecule has 1 N–H and O–H groups in total. The molecule has 0 aliphatic carbocycles. The summed E-state index contributed by atoms with van der Waals surface area (Å²) in [6.45, 7) is 2.00. The molecular formula is C13H14Cl2N2O4.